The minimum absolute atomic E-state index is 0. The van der Waals surface area contributed by atoms with Crippen LogP contribution in [-0.2, 0) is 10.0 Å². The molecule has 1 aliphatic rings. The summed E-state index contributed by atoms with van der Waals surface area (Å²) in [5, 5.41) is 3.86. The Labute approximate surface area is 138 Å². The molecule has 1 fully saturated rings. The molecule has 0 aromatic heterocycles. The molecular formula is C14H22Cl2N2O2S. The van der Waals surface area contributed by atoms with E-state index in [1.54, 1.807) is 25.1 Å². The van der Waals surface area contributed by atoms with Crippen molar-refractivity contribution in [2.75, 3.05) is 13.1 Å². The largest absolute Gasteiger partial charge is 0.316 e. The fourth-order valence-electron chi connectivity index (χ4n) is 2.62. The summed E-state index contributed by atoms with van der Waals surface area (Å²) < 4.78 is 27.7. The number of aryl methyl sites for hydroxylation is 1. The van der Waals surface area contributed by atoms with E-state index in [9.17, 15) is 8.42 Å². The fraction of sp³-hybridized carbons (Fsp3) is 0.571. The molecule has 0 radical (unpaired) electrons. The predicted molar refractivity (Wildman–Crippen MR) is 88.8 cm³/mol. The zero-order valence-corrected chi connectivity index (χ0v) is 14.6. The lowest BCUT2D eigenvalue weighted by Gasteiger charge is -2.28. The third-order valence-electron chi connectivity index (χ3n) is 3.81. The third kappa shape index (κ3) is 4.83. The predicted octanol–water partition coefficient (Wildman–Crippen LogP) is 2.74. The number of hydrogen-bond acceptors (Lipinski definition) is 3. The van der Waals surface area contributed by atoms with Crippen molar-refractivity contribution in [2.45, 2.75) is 37.6 Å². The minimum Gasteiger partial charge on any atom is -0.316 e. The monoisotopic (exact) mass is 352 g/mol. The zero-order valence-electron chi connectivity index (χ0n) is 12.2. The first kappa shape index (κ1) is 18.7. The Kier molecular flexibility index (Phi) is 6.94. The van der Waals surface area contributed by atoms with Gasteiger partial charge in [0, 0.05) is 11.1 Å². The smallest absolute Gasteiger partial charge is 0.241 e. The summed E-state index contributed by atoms with van der Waals surface area (Å²) in [5.74, 6) is 0.339. The van der Waals surface area contributed by atoms with Gasteiger partial charge < -0.3 is 5.32 Å². The summed E-state index contributed by atoms with van der Waals surface area (Å²) in [6.45, 7) is 5.57. The Hall–Kier alpha value is -0.330. The normalized spacial score (nSPS) is 20.6. The fourth-order valence-corrected chi connectivity index (χ4v) is 4.39. The lowest BCUT2D eigenvalue weighted by Crippen LogP contribution is -2.44. The molecule has 0 amide bonds. The van der Waals surface area contributed by atoms with E-state index >= 15 is 0 Å². The van der Waals surface area contributed by atoms with Gasteiger partial charge in [-0.2, -0.15) is 0 Å². The standard InChI is InChI=1S/C14H21ClN2O2S.ClH/c1-10-8-13(15)5-6-14(10)20(18,19)17-11(2)12-4-3-7-16-9-12;/h5-6,8,11-12,16-17H,3-4,7,9H2,1-2H3;1H. The number of halogens is 2. The summed E-state index contributed by atoms with van der Waals surface area (Å²) in [6, 6.07) is 4.76. The van der Waals surface area contributed by atoms with Crippen LogP contribution in [0.4, 0.5) is 0 Å². The number of hydrogen-bond donors (Lipinski definition) is 2. The maximum absolute atomic E-state index is 12.4. The van der Waals surface area contributed by atoms with Crippen molar-refractivity contribution in [1.82, 2.24) is 10.0 Å². The molecule has 0 aliphatic carbocycles. The maximum Gasteiger partial charge on any atom is 0.241 e. The average molecular weight is 353 g/mol. The zero-order chi connectivity index (χ0) is 14.8. The van der Waals surface area contributed by atoms with Crippen LogP contribution in [0.25, 0.3) is 0 Å². The molecule has 7 heteroatoms. The molecule has 120 valence electrons. The molecular weight excluding hydrogens is 331 g/mol. The van der Waals surface area contributed by atoms with E-state index in [1.165, 1.54) is 0 Å². The van der Waals surface area contributed by atoms with Gasteiger partial charge in [0.05, 0.1) is 4.90 Å². The van der Waals surface area contributed by atoms with Gasteiger partial charge in [-0.15, -0.1) is 12.4 Å². The van der Waals surface area contributed by atoms with E-state index in [4.69, 9.17) is 11.6 Å². The second-order valence-electron chi connectivity index (χ2n) is 5.43. The van der Waals surface area contributed by atoms with E-state index in [0.29, 0.717) is 21.4 Å². The molecule has 2 atom stereocenters. The number of sulfonamides is 1. The van der Waals surface area contributed by atoms with E-state index in [0.717, 1.165) is 25.9 Å². The van der Waals surface area contributed by atoms with Crippen molar-refractivity contribution in [3.05, 3.63) is 28.8 Å². The van der Waals surface area contributed by atoms with E-state index < -0.39 is 10.0 Å². The number of piperidine rings is 1. The molecule has 2 N–H and O–H groups in total. The van der Waals surface area contributed by atoms with Gasteiger partial charge >= 0.3 is 0 Å². The maximum atomic E-state index is 12.4. The number of rotatable bonds is 4. The Morgan fingerprint density at radius 1 is 1.43 bits per heavy atom. The third-order valence-corrected chi connectivity index (χ3v) is 5.76. The molecule has 2 unspecified atom stereocenters. The van der Waals surface area contributed by atoms with Gasteiger partial charge in [0.2, 0.25) is 10.0 Å². The van der Waals surface area contributed by atoms with E-state index in [2.05, 4.69) is 10.0 Å². The molecule has 1 aromatic rings. The van der Waals surface area contributed by atoms with Crippen molar-refractivity contribution in [3.8, 4) is 0 Å². The molecule has 21 heavy (non-hydrogen) atoms. The molecule has 1 saturated heterocycles. The van der Waals surface area contributed by atoms with Crippen LogP contribution in [-0.4, -0.2) is 27.5 Å². The van der Waals surface area contributed by atoms with Crippen molar-refractivity contribution < 1.29 is 8.42 Å². The van der Waals surface area contributed by atoms with Crippen molar-refractivity contribution in [3.63, 3.8) is 0 Å². The Bertz CT molecular complexity index is 572. The second-order valence-corrected chi connectivity index (χ2v) is 7.55. The van der Waals surface area contributed by atoms with Crippen LogP contribution in [0.2, 0.25) is 5.02 Å². The molecule has 1 heterocycles. The number of nitrogens with one attached hydrogen (secondary N) is 2. The van der Waals surface area contributed by atoms with Crippen LogP contribution in [0.3, 0.4) is 0 Å². The van der Waals surface area contributed by atoms with Gasteiger partial charge in [0.25, 0.3) is 0 Å². The SMILES string of the molecule is Cc1cc(Cl)ccc1S(=O)(=O)NC(C)C1CCCNC1.Cl. The highest BCUT2D eigenvalue weighted by atomic mass is 35.5. The molecule has 1 aromatic carbocycles. The van der Waals surface area contributed by atoms with Crippen LogP contribution >= 0.6 is 24.0 Å². The first-order valence-electron chi connectivity index (χ1n) is 6.89. The minimum atomic E-state index is -3.49. The summed E-state index contributed by atoms with van der Waals surface area (Å²) in [7, 11) is -3.49. The van der Waals surface area contributed by atoms with Gasteiger partial charge in [-0.05, 0) is 69.5 Å². The average Bonchev–Trinajstić information content (AvgIpc) is 2.38. The number of benzene rings is 1. The van der Waals surface area contributed by atoms with Crippen LogP contribution < -0.4 is 10.0 Å². The summed E-state index contributed by atoms with van der Waals surface area (Å²) in [4.78, 5) is 0.303. The molecule has 4 nitrogen and oxygen atoms in total. The van der Waals surface area contributed by atoms with Crippen LogP contribution in [0.1, 0.15) is 25.3 Å². The van der Waals surface area contributed by atoms with Gasteiger partial charge in [-0.1, -0.05) is 11.6 Å². The summed E-state index contributed by atoms with van der Waals surface area (Å²) in [6.07, 6.45) is 2.15. The van der Waals surface area contributed by atoms with Crippen molar-refractivity contribution >= 4 is 34.0 Å². The Morgan fingerprint density at radius 3 is 2.71 bits per heavy atom. The molecule has 0 spiro atoms. The Balaban J connectivity index is 0.00000220. The first-order valence-corrected chi connectivity index (χ1v) is 8.75. The lowest BCUT2D eigenvalue weighted by atomic mass is 9.94. The topological polar surface area (TPSA) is 58.2 Å². The highest BCUT2D eigenvalue weighted by Gasteiger charge is 2.25. The highest BCUT2D eigenvalue weighted by molar-refractivity contribution is 7.89. The summed E-state index contributed by atoms with van der Waals surface area (Å²) >= 11 is 5.87. The molecule has 2 rings (SSSR count). The van der Waals surface area contributed by atoms with Crippen LogP contribution in [0.15, 0.2) is 23.1 Å². The van der Waals surface area contributed by atoms with Gasteiger partial charge in [0.15, 0.2) is 0 Å². The van der Waals surface area contributed by atoms with Crippen LogP contribution in [0.5, 0.6) is 0 Å². The lowest BCUT2D eigenvalue weighted by molar-refractivity contribution is 0.320. The summed E-state index contributed by atoms with van der Waals surface area (Å²) in [5.41, 5.74) is 0.666. The second kappa shape index (κ2) is 7.79. The van der Waals surface area contributed by atoms with E-state index in [1.807, 2.05) is 6.92 Å². The van der Waals surface area contributed by atoms with Crippen molar-refractivity contribution in [1.29, 1.82) is 0 Å². The van der Waals surface area contributed by atoms with Crippen LogP contribution in [0, 0.1) is 12.8 Å². The van der Waals surface area contributed by atoms with Gasteiger partial charge in [-0.25, -0.2) is 13.1 Å². The highest BCUT2D eigenvalue weighted by Crippen LogP contribution is 2.21. The van der Waals surface area contributed by atoms with Crippen molar-refractivity contribution in [2.24, 2.45) is 5.92 Å². The Morgan fingerprint density at radius 2 is 2.14 bits per heavy atom. The molecule has 0 saturated carbocycles. The van der Waals surface area contributed by atoms with E-state index in [-0.39, 0.29) is 18.4 Å². The molecule has 1 aliphatic heterocycles. The first-order chi connectivity index (χ1) is 9.40. The van der Waals surface area contributed by atoms with Gasteiger partial charge in [0.1, 0.15) is 0 Å². The quantitative estimate of drug-likeness (QED) is 0.875. The van der Waals surface area contributed by atoms with Gasteiger partial charge in [-0.3, -0.25) is 0 Å². The molecule has 0 bridgehead atoms.